The summed E-state index contributed by atoms with van der Waals surface area (Å²) >= 11 is 5.91. The summed E-state index contributed by atoms with van der Waals surface area (Å²) in [7, 11) is 0. The van der Waals surface area contributed by atoms with E-state index in [9.17, 15) is 0 Å². The van der Waals surface area contributed by atoms with Crippen LogP contribution in [0.15, 0.2) is 34.9 Å². The predicted octanol–water partition coefficient (Wildman–Crippen LogP) is 3.06. The lowest BCUT2D eigenvalue weighted by atomic mass is 10.2. The van der Waals surface area contributed by atoms with E-state index in [1.807, 2.05) is 24.3 Å². The molecular formula is C11H8ClN3O. The van der Waals surface area contributed by atoms with Gasteiger partial charge in [0.1, 0.15) is 5.69 Å². The molecule has 3 N–H and O–H groups in total. The maximum Gasteiger partial charge on any atom is 0.222 e. The van der Waals surface area contributed by atoms with Gasteiger partial charge in [-0.25, -0.2) is 0 Å². The van der Waals surface area contributed by atoms with Crippen molar-refractivity contribution in [1.29, 1.82) is 0 Å². The highest BCUT2D eigenvalue weighted by Crippen LogP contribution is 2.26. The summed E-state index contributed by atoms with van der Waals surface area (Å²) in [6, 6.07) is 9.27. The number of halogens is 1. The normalized spacial score (nSPS) is 11.1. The lowest BCUT2D eigenvalue weighted by Gasteiger charge is -1.88. The second-order valence-electron chi connectivity index (χ2n) is 3.53. The van der Waals surface area contributed by atoms with Gasteiger partial charge in [0, 0.05) is 22.0 Å². The van der Waals surface area contributed by atoms with Gasteiger partial charge in [-0.1, -0.05) is 16.8 Å². The minimum absolute atomic E-state index is 0.298. The first-order valence-electron chi connectivity index (χ1n) is 4.73. The number of anilines is 1. The Labute approximate surface area is 96.0 Å². The van der Waals surface area contributed by atoms with Gasteiger partial charge in [-0.2, -0.15) is 0 Å². The minimum atomic E-state index is 0.298. The zero-order chi connectivity index (χ0) is 11.1. The molecule has 1 aromatic carbocycles. The largest absolute Gasteiger partial charge is 0.368 e. The summed E-state index contributed by atoms with van der Waals surface area (Å²) in [5.41, 5.74) is 8.02. The van der Waals surface area contributed by atoms with Crippen LogP contribution in [0, 0.1) is 0 Å². The average Bonchev–Trinajstić information content (AvgIpc) is 2.83. The smallest absolute Gasteiger partial charge is 0.222 e. The van der Waals surface area contributed by atoms with Crippen molar-refractivity contribution in [3.63, 3.8) is 0 Å². The molecule has 0 unspecified atom stereocenters. The summed E-state index contributed by atoms with van der Waals surface area (Å²) < 4.78 is 4.82. The average molecular weight is 234 g/mol. The number of benzene rings is 1. The van der Waals surface area contributed by atoms with Crippen molar-refractivity contribution in [3.05, 3.63) is 35.4 Å². The Kier molecular flexibility index (Phi) is 1.91. The zero-order valence-corrected chi connectivity index (χ0v) is 8.95. The Morgan fingerprint density at radius 1 is 1.25 bits per heavy atom. The first-order chi connectivity index (χ1) is 7.72. The van der Waals surface area contributed by atoms with Crippen molar-refractivity contribution in [3.8, 4) is 11.4 Å². The van der Waals surface area contributed by atoms with Crippen LogP contribution in [0.1, 0.15) is 0 Å². The Bertz CT molecular complexity index is 656. The Hall–Kier alpha value is -1.94. The molecule has 2 heterocycles. The molecule has 0 bridgehead atoms. The molecule has 0 fully saturated rings. The van der Waals surface area contributed by atoms with Crippen LogP contribution in [-0.4, -0.2) is 10.1 Å². The van der Waals surface area contributed by atoms with Gasteiger partial charge in [-0.3, -0.25) is 0 Å². The van der Waals surface area contributed by atoms with Crippen molar-refractivity contribution in [2.75, 3.05) is 5.73 Å². The summed E-state index contributed by atoms with van der Waals surface area (Å²) in [6.45, 7) is 0. The van der Waals surface area contributed by atoms with Crippen molar-refractivity contribution in [2.24, 2.45) is 0 Å². The van der Waals surface area contributed by atoms with Gasteiger partial charge in [0.2, 0.25) is 5.88 Å². The van der Waals surface area contributed by atoms with E-state index in [1.165, 1.54) is 0 Å². The van der Waals surface area contributed by atoms with Crippen molar-refractivity contribution in [1.82, 2.24) is 10.1 Å². The van der Waals surface area contributed by atoms with Gasteiger partial charge in [0.15, 0.2) is 0 Å². The van der Waals surface area contributed by atoms with Crippen LogP contribution in [-0.2, 0) is 0 Å². The molecular weight excluding hydrogens is 226 g/mol. The second-order valence-corrected chi connectivity index (χ2v) is 3.97. The molecule has 0 aliphatic carbocycles. The van der Waals surface area contributed by atoms with Gasteiger partial charge in [0.05, 0.1) is 5.69 Å². The van der Waals surface area contributed by atoms with Crippen LogP contribution in [0.4, 0.5) is 5.88 Å². The van der Waals surface area contributed by atoms with Crippen LogP contribution in [0.5, 0.6) is 0 Å². The lowest BCUT2D eigenvalue weighted by molar-refractivity contribution is 0.439. The lowest BCUT2D eigenvalue weighted by Crippen LogP contribution is -1.76. The summed E-state index contributed by atoms with van der Waals surface area (Å²) in [5.74, 6) is 0.298. The number of H-pyrrole nitrogens is 1. The SMILES string of the molecule is Nc1cc(-c2cc3cc(Cl)ccc3[nH]2)no1. The molecule has 80 valence electrons. The highest BCUT2D eigenvalue weighted by molar-refractivity contribution is 6.31. The number of nitrogens with one attached hydrogen (secondary N) is 1. The fourth-order valence-electron chi connectivity index (χ4n) is 1.66. The molecule has 3 rings (SSSR count). The summed E-state index contributed by atoms with van der Waals surface area (Å²) in [6.07, 6.45) is 0. The standard InChI is InChI=1S/C11H8ClN3O/c12-7-1-2-8-6(3-7)4-9(14-8)10-5-11(13)16-15-10/h1-5,14H,13H2. The fraction of sp³-hybridized carbons (Fsp3) is 0. The number of nitrogens with two attached hydrogens (primary N) is 1. The van der Waals surface area contributed by atoms with Gasteiger partial charge < -0.3 is 15.2 Å². The second kappa shape index (κ2) is 3.28. The molecule has 0 radical (unpaired) electrons. The van der Waals surface area contributed by atoms with Gasteiger partial charge in [-0.15, -0.1) is 0 Å². The summed E-state index contributed by atoms with van der Waals surface area (Å²) in [5, 5.41) is 5.58. The van der Waals surface area contributed by atoms with Crippen LogP contribution < -0.4 is 5.73 Å². The molecule has 4 nitrogen and oxygen atoms in total. The van der Waals surface area contributed by atoms with Crippen molar-refractivity contribution in [2.45, 2.75) is 0 Å². The van der Waals surface area contributed by atoms with E-state index >= 15 is 0 Å². The summed E-state index contributed by atoms with van der Waals surface area (Å²) in [4.78, 5) is 3.22. The topological polar surface area (TPSA) is 67.8 Å². The van der Waals surface area contributed by atoms with E-state index in [-0.39, 0.29) is 0 Å². The zero-order valence-electron chi connectivity index (χ0n) is 8.20. The van der Waals surface area contributed by atoms with Crippen LogP contribution >= 0.6 is 11.6 Å². The minimum Gasteiger partial charge on any atom is -0.368 e. The quantitative estimate of drug-likeness (QED) is 0.679. The van der Waals surface area contributed by atoms with E-state index in [1.54, 1.807) is 6.07 Å². The fourth-order valence-corrected chi connectivity index (χ4v) is 1.84. The van der Waals surface area contributed by atoms with Crippen molar-refractivity contribution >= 4 is 28.4 Å². The molecule has 16 heavy (non-hydrogen) atoms. The van der Waals surface area contributed by atoms with E-state index in [4.69, 9.17) is 21.9 Å². The highest BCUT2D eigenvalue weighted by atomic mass is 35.5. The van der Waals surface area contributed by atoms with Gasteiger partial charge in [-0.05, 0) is 24.3 Å². The number of fused-ring (bicyclic) bond motifs is 1. The Morgan fingerprint density at radius 3 is 2.88 bits per heavy atom. The molecule has 5 heteroatoms. The Balaban J connectivity index is 2.18. The number of hydrogen-bond acceptors (Lipinski definition) is 3. The van der Waals surface area contributed by atoms with Crippen LogP contribution in [0.2, 0.25) is 5.02 Å². The van der Waals surface area contributed by atoms with Crippen LogP contribution in [0.25, 0.3) is 22.3 Å². The number of aromatic amines is 1. The number of hydrogen-bond donors (Lipinski definition) is 2. The van der Waals surface area contributed by atoms with Gasteiger partial charge in [0.25, 0.3) is 0 Å². The molecule has 0 saturated carbocycles. The third-order valence-corrected chi connectivity index (χ3v) is 2.62. The van der Waals surface area contributed by atoms with Gasteiger partial charge >= 0.3 is 0 Å². The van der Waals surface area contributed by atoms with E-state index in [0.717, 1.165) is 16.6 Å². The predicted molar refractivity (Wildman–Crippen MR) is 63.2 cm³/mol. The number of aromatic nitrogens is 2. The van der Waals surface area contributed by atoms with E-state index in [0.29, 0.717) is 16.6 Å². The molecule has 0 amide bonds. The van der Waals surface area contributed by atoms with Crippen molar-refractivity contribution < 1.29 is 4.52 Å². The third kappa shape index (κ3) is 1.44. The molecule has 0 aliphatic rings. The maximum atomic E-state index is 5.91. The number of nitrogen functional groups attached to an aromatic ring is 1. The molecule has 0 aliphatic heterocycles. The monoisotopic (exact) mass is 233 g/mol. The third-order valence-electron chi connectivity index (χ3n) is 2.39. The molecule has 0 spiro atoms. The number of nitrogens with zero attached hydrogens (tertiary/aromatic N) is 1. The molecule has 2 aromatic heterocycles. The van der Waals surface area contributed by atoms with Crippen LogP contribution in [0.3, 0.4) is 0 Å². The highest BCUT2D eigenvalue weighted by Gasteiger charge is 2.07. The maximum absolute atomic E-state index is 5.91. The van der Waals surface area contributed by atoms with E-state index in [2.05, 4.69) is 10.1 Å². The Morgan fingerprint density at radius 2 is 2.12 bits per heavy atom. The first kappa shape index (κ1) is 9.30. The molecule has 3 aromatic rings. The number of rotatable bonds is 1. The van der Waals surface area contributed by atoms with E-state index < -0.39 is 0 Å². The first-order valence-corrected chi connectivity index (χ1v) is 5.11. The molecule has 0 saturated heterocycles. The molecule has 0 atom stereocenters.